The van der Waals surface area contributed by atoms with Crippen molar-refractivity contribution in [3.63, 3.8) is 0 Å². The number of nitrogens with zero attached hydrogens (tertiary/aromatic N) is 4. The summed E-state index contributed by atoms with van der Waals surface area (Å²) in [5, 5.41) is 0.428. The number of hydrogen-bond donors (Lipinski definition) is 0. The van der Waals surface area contributed by atoms with Crippen molar-refractivity contribution in [3.05, 3.63) is 108 Å². The summed E-state index contributed by atoms with van der Waals surface area (Å²) in [4.78, 5) is 24.7. The Hall–Kier alpha value is -4.32. The summed E-state index contributed by atoms with van der Waals surface area (Å²) in [5.74, 6) is 0.820. The summed E-state index contributed by atoms with van der Waals surface area (Å²) in [6, 6.07) is 24.3. The van der Waals surface area contributed by atoms with E-state index in [1.807, 2.05) is 42.5 Å². The minimum Gasteiger partial charge on any atom is -0.495 e. The zero-order valence-corrected chi connectivity index (χ0v) is 24.4. The Kier molecular flexibility index (Phi) is 8.29. The number of ether oxygens (including phenoxy) is 2. The highest BCUT2D eigenvalue weighted by atomic mass is 32.2. The molecule has 1 amide bonds. The summed E-state index contributed by atoms with van der Waals surface area (Å²) < 4.78 is 39.5. The fourth-order valence-electron chi connectivity index (χ4n) is 4.30. The van der Waals surface area contributed by atoms with Gasteiger partial charge >= 0.3 is 0 Å². The fourth-order valence-corrected chi connectivity index (χ4v) is 6.53. The van der Waals surface area contributed by atoms with Gasteiger partial charge in [0.2, 0.25) is 10.0 Å². The van der Waals surface area contributed by atoms with Crippen LogP contribution in [0, 0.1) is 0 Å². The molecule has 2 heterocycles. The molecule has 0 saturated carbocycles. The number of fused-ring (bicyclic) bond motifs is 1. The molecule has 0 unspecified atom stereocenters. The maximum atomic E-state index is 13.9. The lowest BCUT2D eigenvalue weighted by Gasteiger charge is -2.20. The minimum absolute atomic E-state index is 0.0956. The quantitative estimate of drug-likeness (QED) is 0.216. The Labute approximate surface area is 242 Å². The zero-order chi connectivity index (χ0) is 29.0. The second kappa shape index (κ2) is 12.0. The van der Waals surface area contributed by atoms with Gasteiger partial charge in [-0.25, -0.2) is 13.4 Å². The molecule has 5 aromatic rings. The first-order valence-electron chi connectivity index (χ1n) is 12.7. The first kappa shape index (κ1) is 28.2. The smallest absolute Gasteiger partial charge is 0.260 e. The molecule has 0 fully saturated rings. The van der Waals surface area contributed by atoms with Gasteiger partial charge < -0.3 is 9.47 Å². The topological polar surface area (TPSA) is 102 Å². The molecule has 9 nitrogen and oxygen atoms in total. The molecule has 0 aliphatic carbocycles. The first-order chi connectivity index (χ1) is 19.8. The van der Waals surface area contributed by atoms with Crippen molar-refractivity contribution in [3.8, 4) is 11.5 Å². The summed E-state index contributed by atoms with van der Waals surface area (Å²) in [6.07, 6.45) is 1.66. The molecule has 0 saturated heterocycles. The van der Waals surface area contributed by atoms with Crippen LogP contribution >= 0.6 is 11.3 Å². The molecule has 0 bridgehead atoms. The van der Waals surface area contributed by atoms with Crippen LogP contribution in [-0.4, -0.2) is 49.9 Å². The van der Waals surface area contributed by atoms with Gasteiger partial charge in [-0.1, -0.05) is 47.7 Å². The van der Waals surface area contributed by atoms with Crippen LogP contribution in [0.25, 0.3) is 10.2 Å². The van der Waals surface area contributed by atoms with E-state index >= 15 is 0 Å². The predicted molar refractivity (Wildman–Crippen MR) is 159 cm³/mol. The van der Waals surface area contributed by atoms with Crippen LogP contribution in [0.15, 0.2) is 96.0 Å². The number of aromatic nitrogens is 2. The third-order valence-corrected chi connectivity index (χ3v) is 9.39. The SMILES string of the molecule is COc1ccc(OC)c2sc(N(Cc3ccccn3)C(=O)c3ccc(S(=O)(=O)N(C)Cc4ccccc4)cc3)nc12. The maximum absolute atomic E-state index is 13.9. The van der Waals surface area contributed by atoms with Gasteiger partial charge in [0.1, 0.15) is 21.7 Å². The van der Waals surface area contributed by atoms with Crippen molar-refractivity contribution in [2.45, 2.75) is 18.0 Å². The van der Waals surface area contributed by atoms with E-state index in [1.165, 1.54) is 51.9 Å². The third-order valence-electron chi connectivity index (χ3n) is 6.48. The van der Waals surface area contributed by atoms with Crippen LogP contribution in [0.1, 0.15) is 21.6 Å². The Morgan fingerprint density at radius 3 is 2.20 bits per heavy atom. The highest BCUT2D eigenvalue weighted by Crippen LogP contribution is 2.40. The average molecular weight is 589 g/mol. The average Bonchev–Trinajstić information content (AvgIpc) is 3.45. The van der Waals surface area contributed by atoms with Crippen LogP contribution in [0.3, 0.4) is 0 Å². The molecule has 3 aromatic carbocycles. The molecule has 0 atom stereocenters. The Morgan fingerprint density at radius 1 is 0.854 bits per heavy atom. The molecule has 2 aromatic heterocycles. The number of rotatable bonds is 10. The van der Waals surface area contributed by atoms with Crippen molar-refractivity contribution in [2.24, 2.45) is 0 Å². The number of thiazole rings is 1. The van der Waals surface area contributed by atoms with E-state index in [0.717, 1.165) is 10.3 Å². The first-order valence-corrected chi connectivity index (χ1v) is 14.9. The Balaban J connectivity index is 1.48. The standard InChI is InChI=1S/C30H28N4O5S2/c1-33(19-21-9-5-4-6-10-21)41(36,37)24-14-12-22(13-15-24)29(35)34(20-23-11-7-8-18-31-23)30-32-27-25(38-2)16-17-26(39-3)28(27)40-30/h4-18H,19-20H2,1-3H3. The van der Waals surface area contributed by atoms with Crippen molar-refractivity contribution in [1.29, 1.82) is 0 Å². The molecule has 0 spiro atoms. The van der Waals surface area contributed by atoms with Crippen LogP contribution in [-0.2, 0) is 23.1 Å². The van der Waals surface area contributed by atoms with Crippen LogP contribution in [0.4, 0.5) is 5.13 Å². The summed E-state index contributed by atoms with van der Waals surface area (Å²) in [5.41, 5.74) is 2.43. The summed E-state index contributed by atoms with van der Waals surface area (Å²) in [7, 11) is 0.894. The number of hydrogen-bond acceptors (Lipinski definition) is 8. The van der Waals surface area contributed by atoms with E-state index in [-0.39, 0.29) is 23.9 Å². The lowest BCUT2D eigenvalue weighted by molar-refractivity contribution is 0.0984. The molecule has 210 valence electrons. The third kappa shape index (κ3) is 5.92. The van der Waals surface area contributed by atoms with Crippen LogP contribution < -0.4 is 14.4 Å². The van der Waals surface area contributed by atoms with Gasteiger partial charge in [-0.15, -0.1) is 0 Å². The van der Waals surface area contributed by atoms with Gasteiger partial charge in [-0.2, -0.15) is 4.31 Å². The zero-order valence-electron chi connectivity index (χ0n) is 22.7. The van der Waals surface area contributed by atoms with Crippen LogP contribution in [0.5, 0.6) is 11.5 Å². The number of carbonyl (C=O) groups excluding carboxylic acids is 1. The highest BCUT2D eigenvalue weighted by Gasteiger charge is 2.26. The number of benzene rings is 3. The van der Waals surface area contributed by atoms with E-state index in [0.29, 0.717) is 33.4 Å². The van der Waals surface area contributed by atoms with Gasteiger partial charge in [0.15, 0.2) is 5.13 Å². The van der Waals surface area contributed by atoms with Crippen LogP contribution in [0.2, 0.25) is 0 Å². The second-order valence-electron chi connectivity index (χ2n) is 9.13. The van der Waals surface area contributed by atoms with Crippen molar-refractivity contribution in [1.82, 2.24) is 14.3 Å². The molecule has 0 aliphatic heterocycles. The number of methoxy groups -OCH3 is 2. The van der Waals surface area contributed by atoms with Crippen molar-refractivity contribution in [2.75, 3.05) is 26.2 Å². The largest absolute Gasteiger partial charge is 0.495 e. The number of amides is 1. The Bertz CT molecular complexity index is 1720. The van der Waals surface area contributed by atoms with Crippen molar-refractivity contribution >= 4 is 42.6 Å². The maximum Gasteiger partial charge on any atom is 0.260 e. The van der Waals surface area contributed by atoms with E-state index < -0.39 is 10.0 Å². The number of carbonyl (C=O) groups is 1. The highest BCUT2D eigenvalue weighted by molar-refractivity contribution is 7.89. The van der Waals surface area contributed by atoms with Gasteiger partial charge in [0.25, 0.3) is 5.91 Å². The molecule has 0 aliphatic rings. The molecular weight excluding hydrogens is 560 g/mol. The second-order valence-corrected chi connectivity index (χ2v) is 12.2. The predicted octanol–water partition coefficient (Wildman–Crippen LogP) is 5.38. The van der Waals surface area contributed by atoms with Crippen molar-refractivity contribution < 1.29 is 22.7 Å². The normalized spacial score (nSPS) is 11.5. The van der Waals surface area contributed by atoms with E-state index in [4.69, 9.17) is 14.5 Å². The Morgan fingerprint density at radius 2 is 1.54 bits per heavy atom. The molecular formula is C30H28N4O5S2. The van der Waals surface area contributed by atoms with E-state index in [1.54, 1.807) is 38.6 Å². The van der Waals surface area contributed by atoms with E-state index in [9.17, 15) is 13.2 Å². The molecule has 11 heteroatoms. The summed E-state index contributed by atoms with van der Waals surface area (Å²) in [6.45, 7) is 0.385. The lowest BCUT2D eigenvalue weighted by Crippen LogP contribution is -2.31. The molecule has 5 rings (SSSR count). The van der Waals surface area contributed by atoms with E-state index in [2.05, 4.69) is 4.98 Å². The fraction of sp³-hybridized carbons (Fsp3) is 0.167. The monoisotopic (exact) mass is 588 g/mol. The molecule has 0 N–H and O–H groups in total. The van der Waals surface area contributed by atoms with Gasteiger partial charge in [-0.3, -0.25) is 14.7 Å². The molecule has 0 radical (unpaired) electrons. The van der Waals surface area contributed by atoms with Gasteiger partial charge in [-0.05, 0) is 54.1 Å². The lowest BCUT2D eigenvalue weighted by atomic mass is 10.2. The number of anilines is 1. The minimum atomic E-state index is -3.77. The van der Waals surface area contributed by atoms with Gasteiger partial charge in [0, 0.05) is 25.4 Å². The number of pyridine rings is 1. The molecule has 41 heavy (non-hydrogen) atoms. The van der Waals surface area contributed by atoms with Gasteiger partial charge in [0.05, 0.1) is 31.4 Å². The number of sulfonamides is 1. The summed E-state index contributed by atoms with van der Waals surface area (Å²) >= 11 is 1.30.